The van der Waals surface area contributed by atoms with Crippen LogP contribution in [0.25, 0.3) is 11.5 Å². The van der Waals surface area contributed by atoms with Crippen molar-refractivity contribution in [3.63, 3.8) is 0 Å². The highest BCUT2D eigenvalue weighted by Crippen LogP contribution is 2.39. The summed E-state index contributed by atoms with van der Waals surface area (Å²) in [5.74, 6) is 0.228. The molecule has 0 spiro atoms. The summed E-state index contributed by atoms with van der Waals surface area (Å²) < 4.78 is 6.05. The van der Waals surface area contributed by atoms with E-state index >= 15 is 0 Å². The normalized spacial score (nSPS) is 18.4. The molecule has 0 aromatic carbocycles. The monoisotopic (exact) mass is 328 g/mol. The number of carbonyl (C=O) groups is 1. The van der Waals surface area contributed by atoms with Gasteiger partial charge in [-0.25, -0.2) is 9.36 Å². The summed E-state index contributed by atoms with van der Waals surface area (Å²) in [5, 5.41) is 3.79. The summed E-state index contributed by atoms with van der Waals surface area (Å²) in [7, 11) is 0. The minimum absolute atomic E-state index is 0.0422. The van der Waals surface area contributed by atoms with E-state index in [1.165, 1.54) is 17.4 Å². The van der Waals surface area contributed by atoms with Crippen LogP contribution in [0.4, 0.5) is 0 Å². The van der Waals surface area contributed by atoms with Crippen LogP contribution >= 0.6 is 0 Å². The SMILES string of the molecule is C[C@H](C1CC1)N(C(=O)Cn1c(-c2ccccn2)noc1=O)C1CC1. The molecule has 2 aromatic rings. The van der Waals surface area contributed by atoms with Crippen LogP contribution in [0.2, 0.25) is 0 Å². The lowest BCUT2D eigenvalue weighted by atomic mass is 10.1. The maximum Gasteiger partial charge on any atom is 0.442 e. The van der Waals surface area contributed by atoms with Gasteiger partial charge < -0.3 is 4.90 Å². The van der Waals surface area contributed by atoms with Crippen LogP contribution in [-0.2, 0) is 11.3 Å². The van der Waals surface area contributed by atoms with Gasteiger partial charge in [0.15, 0.2) is 0 Å². The van der Waals surface area contributed by atoms with Crippen LogP contribution in [0.1, 0.15) is 32.6 Å². The number of hydrogen-bond donors (Lipinski definition) is 0. The average Bonchev–Trinajstić information content (AvgIpc) is 3.48. The molecule has 0 N–H and O–H groups in total. The number of carbonyl (C=O) groups excluding carboxylic acids is 1. The number of pyridine rings is 1. The molecule has 2 fully saturated rings. The van der Waals surface area contributed by atoms with Crippen molar-refractivity contribution in [3.8, 4) is 11.5 Å². The fourth-order valence-corrected chi connectivity index (χ4v) is 3.23. The van der Waals surface area contributed by atoms with Gasteiger partial charge in [0.2, 0.25) is 11.7 Å². The zero-order valence-electron chi connectivity index (χ0n) is 13.6. The molecule has 7 nitrogen and oxygen atoms in total. The first kappa shape index (κ1) is 15.1. The Morgan fingerprint density at radius 3 is 2.79 bits per heavy atom. The first-order chi connectivity index (χ1) is 11.6. The fraction of sp³-hybridized carbons (Fsp3) is 0.529. The minimum Gasteiger partial charge on any atom is -0.335 e. The average molecular weight is 328 g/mol. The van der Waals surface area contributed by atoms with Gasteiger partial charge >= 0.3 is 5.76 Å². The summed E-state index contributed by atoms with van der Waals surface area (Å²) >= 11 is 0. The van der Waals surface area contributed by atoms with Gasteiger partial charge in [-0.3, -0.25) is 14.3 Å². The third kappa shape index (κ3) is 2.86. The predicted octanol–water partition coefficient (Wildman–Crippen LogP) is 1.69. The highest BCUT2D eigenvalue weighted by molar-refractivity contribution is 5.77. The van der Waals surface area contributed by atoms with E-state index in [-0.39, 0.29) is 18.5 Å². The van der Waals surface area contributed by atoms with Crippen molar-refractivity contribution in [1.29, 1.82) is 0 Å². The first-order valence-corrected chi connectivity index (χ1v) is 8.44. The first-order valence-electron chi connectivity index (χ1n) is 8.44. The highest BCUT2D eigenvalue weighted by atomic mass is 16.5. The Balaban J connectivity index is 1.59. The Morgan fingerprint density at radius 1 is 1.38 bits per heavy atom. The summed E-state index contributed by atoms with van der Waals surface area (Å²) in [6.45, 7) is 2.06. The molecule has 0 unspecified atom stereocenters. The number of amides is 1. The van der Waals surface area contributed by atoms with Gasteiger partial charge in [0.05, 0.1) is 0 Å². The molecule has 0 radical (unpaired) electrons. The molecule has 7 heteroatoms. The lowest BCUT2D eigenvalue weighted by molar-refractivity contribution is -0.135. The topological polar surface area (TPSA) is 81.2 Å². The molecule has 2 saturated carbocycles. The molecule has 24 heavy (non-hydrogen) atoms. The van der Waals surface area contributed by atoms with E-state index in [0.29, 0.717) is 23.5 Å². The quantitative estimate of drug-likeness (QED) is 0.806. The fourth-order valence-electron chi connectivity index (χ4n) is 3.23. The molecule has 126 valence electrons. The Kier molecular flexibility index (Phi) is 3.70. The number of rotatable bonds is 6. The molecular formula is C17H20N4O3. The Hall–Kier alpha value is -2.44. The maximum absolute atomic E-state index is 12.9. The van der Waals surface area contributed by atoms with E-state index in [2.05, 4.69) is 17.1 Å². The molecule has 0 saturated heterocycles. The Bertz CT molecular complexity index is 790. The second-order valence-electron chi connectivity index (χ2n) is 6.68. The van der Waals surface area contributed by atoms with Gasteiger partial charge in [-0.15, -0.1) is 0 Å². The van der Waals surface area contributed by atoms with E-state index in [1.54, 1.807) is 24.4 Å². The van der Waals surface area contributed by atoms with E-state index in [9.17, 15) is 9.59 Å². The van der Waals surface area contributed by atoms with Gasteiger partial charge in [-0.1, -0.05) is 11.2 Å². The van der Waals surface area contributed by atoms with E-state index in [4.69, 9.17) is 4.52 Å². The van der Waals surface area contributed by atoms with Crippen molar-refractivity contribution in [1.82, 2.24) is 19.6 Å². The second-order valence-corrected chi connectivity index (χ2v) is 6.68. The van der Waals surface area contributed by atoms with Crippen molar-refractivity contribution in [2.75, 3.05) is 0 Å². The van der Waals surface area contributed by atoms with Crippen molar-refractivity contribution >= 4 is 5.91 Å². The van der Waals surface area contributed by atoms with Gasteiger partial charge in [-0.05, 0) is 50.7 Å². The van der Waals surface area contributed by atoms with Crippen LogP contribution < -0.4 is 5.76 Å². The second kappa shape index (κ2) is 5.89. The smallest absolute Gasteiger partial charge is 0.335 e. The maximum atomic E-state index is 12.9. The summed E-state index contributed by atoms with van der Waals surface area (Å²) in [4.78, 5) is 31.0. The molecule has 0 aliphatic heterocycles. The molecule has 4 rings (SSSR count). The van der Waals surface area contributed by atoms with Crippen molar-refractivity contribution < 1.29 is 9.32 Å². The Labute approximate surface area is 139 Å². The van der Waals surface area contributed by atoms with Crippen LogP contribution in [0.15, 0.2) is 33.7 Å². The molecule has 1 amide bonds. The van der Waals surface area contributed by atoms with E-state index < -0.39 is 5.76 Å². The molecule has 2 aliphatic carbocycles. The minimum atomic E-state index is -0.626. The molecule has 2 heterocycles. The summed E-state index contributed by atoms with van der Waals surface area (Å²) in [5.41, 5.74) is 0.518. The molecule has 0 bridgehead atoms. The van der Waals surface area contributed by atoms with Gasteiger partial charge in [0.25, 0.3) is 0 Å². The molecule has 2 aliphatic rings. The number of hydrogen-bond acceptors (Lipinski definition) is 5. The highest BCUT2D eigenvalue weighted by Gasteiger charge is 2.41. The van der Waals surface area contributed by atoms with Crippen LogP contribution in [0.3, 0.4) is 0 Å². The zero-order valence-corrected chi connectivity index (χ0v) is 13.6. The molecule has 1 atom stereocenters. The number of aromatic nitrogens is 3. The molecule has 2 aromatic heterocycles. The third-order valence-corrected chi connectivity index (χ3v) is 4.84. The predicted molar refractivity (Wildman–Crippen MR) is 86.0 cm³/mol. The van der Waals surface area contributed by atoms with Crippen molar-refractivity contribution in [2.45, 2.75) is 51.2 Å². The van der Waals surface area contributed by atoms with Crippen molar-refractivity contribution in [2.24, 2.45) is 5.92 Å². The lowest BCUT2D eigenvalue weighted by Gasteiger charge is -2.29. The third-order valence-electron chi connectivity index (χ3n) is 4.84. The van der Waals surface area contributed by atoms with Crippen LogP contribution in [-0.4, -0.2) is 37.6 Å². The summed E-state index contributed by atoms with van der Waals surface area (Å²) in [6, 6.07) is 5.88. The lowest BCUT2D eigenvalue weighted by Crippen LogP contribution is -2.44. The summed E-state index contributed by atoms with van der Waals surface area (Å²) in [6.07, 6.45) is 6.09. The van der Waals surface area contributed by atoms with E-state index in [0.717, 1.165) is 12.8 Å². The van der Waals surface area contributed by atoms with Gasteiger partial charge in [-0.2, -0.15) is 0 Å². The van der Waals surface area contributed by atoms with Gasteiger partial charge in [0, 0.05) is 18.3 Å². The van der Waals surface area contributed by atoms with Gasteiger partial charge in [0.1, 0.15) is 12.2 Å². The van der Waals surface area contributed by atoms with Crippen molar-refractivity contribution in [3.05, 3.63) is 34.9 Å². The zero-order chi connectivity index (χ0) is 16.7. The van der Waals surface area contributed by atoms with Crippen LogP contribution in [0.5, 0.6) is 0 Å². The molecular weight excluding hydrogens is 308 g/mol. The standard InChI is InChI=1S/C17H20N4O3/c1-11(12-5-6-12)21(13-7-8-13)15(22)10-20-16(19-24-17(20)23)14-4-2-3-9-18-14/h2-4,9,11-13H,5-8,10H2,1H3/t11-/m1/s1. The number of nitrogens with zero attached hydrogens (tertiary/aromatic N) is 4. The Morgan fingerprint density at radius 2 is 2.17 bits per heavy atom. The van der Waals surface area contributed by atoms with Crippen LogP contribution in [0, 0.1) is 5.92 Å². The largest absolute Gasteiger partial charge is 0.442 e. The van der Waals surface area contributed by atoms with E-state index in [1.807, 2.05) is 4.90 Å².